The Hall–Kier alpha value is -2.96. The normalized spacial score (nSPS) is 12.3. The molecule has 0 aromatic carbocycles. The molecule has 0 rings (SSSR count). The monoisotopic (exact) mass is 688 g/mol. The molecule has 0 heterocycles. The molecule has 48 heavy (non-hydrogen) atoms. The second kappa shape index (κ2) is 21.2. The number of rotatable bonds is 18. The van der Waals surface area contributed by atoms with Crippen molar-refractivity contribution < 1.29 is 38.1 Å². The highest BCUT2D eigenvalue weighted by molar-refractivity contribution is 5.72. The van der Waals surface area contributed by atoms with E-state index < -0.39 is 52.9 Å². The number of nitrogens with two attached hydrogens (primary N) is 1. The summed E-state index contributed by atoms with van der Waals surface area (Å²) in [6, 6.07) is 0. The Morgan fingerprint density at radius 1 is 0.521 bits per heavy atom. The van der Waals surface area contributed by atoms with Gasteiger partial charge in [0.15, 0.2) is 0 Å². The molecular formula is C35H69N5O8. The maximum absolute atomic E-state index is 13.8. The van der Waals surface area contributed by atoms with Crippen molar-refractivity contribution in [1.82, 2.24) is 20.4 Å². The summed E-state index contributed by atoms with van der Waals surface area (Å²) < 4.78 is 22.4. The fourth-order valence-electron chi connectivity index (χ4n) is 4.49. The Balaban J connectivity index is 6.13. The number of ether oxygens (including phenoxy) is 4. The van der Waals surface area contributed by atoms with Crippen LogP contribution < -0.4 is 16.4 Å². The van der Waals surface area contributed by atoms with Crippen LogP contribution in [-0.4, -0.2) is 95.5 Å². The van der Waals surface area contributed by atoms with E-state index >= 15 is 0 Å². The minimum absolute atomic E-state index is 0.290. The van der Waals surface area contributed by atoms with Crippen molar-refractivity contribution in [3.63, 3.8) is 0 Å². The zero-order valence-corrected chi connectivity index (χ0v) is 32.2. The van der Waals surface area contributed by atoms with E-state index in [1.54, 1.807) is 92.9 Å². The van der Waals surface area contributed by atoms with Gasteiger partial charge >= 0.3 is 24.4 Å². The lowest BCUT2D eigenvalue weighted by molar-refractivity contribution is -0.0303. The Bertz CT molecular complexity index is 894. The number of carbonyl (C=O) groups is 4. The van der Waals surface area contributed by atoms with Crippen LogP contribution in [-0.2, 0) is 18.9 Å². The van der Waals surface area contributed by atoms with E-state index in [1.165, 1.54) is 0 Å². The van der Waals surface area contributed by atoms with Gasteiger partial charge in [0.05, 0.1) is 0 Å². The summed E-state index contributed by atoms with van der Waals surface area (Å²) in [7, 11) is 0. The van der Waals surface area contributed by atoms with Gasteiger partial charge in [-0.15, -0.1) is 0 Å². The van der Waals surface area contributed by atoms with E-state index in [1.807, 2.05) is 0 Å². The maximum atomic E-state index is 13.8. The highest BCUT2D eigenvalue weighted by Crippen LogP contribution is 2.23. The number of amides is 4. The van der Waals surface area contributed by atoms with Crippen LogP contribution in [0.3, 0.4) is 0 Å². The minimum atomic E-state index is -0.761. The summed E-state index contributed by atoms with van der Waals surface area (Å²) in [5.74, 6) is 0. The van der Waals surface area contributed by atoms with Crippen LogP contribution in [0.4, 0.5) is 19.2 Å². The molecule has 0 saturated carbocycles. The molecule has 4 amide bonds. The average molecular weight is 688 g/mol. The third kappa shape index (κ3) is 24.2. The Kier molecular flexibility index (Phi) is 19.9. The third-order valence-corrected chi connectivity index (χ3v) is 6.38. The summed E-state index contributed by atoms with van der Waals surface area (Å²) in [6.07, 6.45) is 3.50. The lowest BCUT2D eigenvalue weighted by Gasteiger charge is -2.41. The van der Waals surface area contributed by atoms with Gasteiger partial charge in [0.2, 0.25) is 0 Å². The van der Waals surface area contributed by atoms with Crippen LogP contribution in [0.2, 0.25) is 0 Å². The third-order valence-electron chi connectivity index (χ3n) is 6.38. The molecule has 4 N–H and O–H groups in total. The molecule has 0 aliphatic heterocycles. The van der Waals surface area contributed by atoms with Crippen molar-refractivity contribution in [2.75, 3.05) is 32.7 Å². The molecule has 0 aromatic heterocycles. The fraction of sp³-hybridized carbons (Fsp3) is 0.886. The van der Waals surface area contributed by atoms with Crippen LogP contribution in [0.15, 0.2) is 0 Å². The molecule has 0 unspecified atom stereocenters. The highest BCUT2D eigenvalue weighted by Gasteiger charge is 2.36. The van der Waals surface area contributed by atoms with Crippen molar-refractivity contribution in [2.24, 2.45) is 5.73 Å². The summed E-state index contributed by atoms with van der Waals surface area (Å²) in [5, 5.41) is 5.52. The molecule has 282 valence electrons. The SMILES string of the molecule is CC(C)(C)OC(=O)NCCCCN(C(=O)OC(C)(C)C)C(CCCCCCN)N(CCCCNC(=O)OC(C)(C)C)C(=O)OC(C)(C)C. The van der Waals surface area contributed by atoms with E-state index in [9.17, 15) is 19.2 Å². The first kappa shape index (κ1) is 45.0. The second-order valence-electron chi connectivity index (χ2n) is 16.1. The molecular weight excluding hydrogens is 618 g/mol. The molecule has 0 atom stereocenters. The smallest absolute Gasteiger partial charge is 0.411 e. The van der Waals surface area contributed by atoms with Gasteiger partial charge < -0.3 is 35.3 Å². The van der Waals surface area contributed by atoms with Gasteiger partial charge in [0.1, 0.15) is 28.6 Å². The molecule has 0 aliphatic carbocycles. The molecule has 0 aliphatic rings. The highest BCUT2D eigenvalue weighted by atomic mass is 16.6. The van der Waals surface area contributed by atoms with Crippen molar-refractivity contribution in [1.29, 1.82) is 0 Å². The van der Waals surface area contributed by atoms with Gasteiger partial charge in [-0.25, -0.2) is 19.2 Å². The topological polar surface area (TPSA) is 162 Å². The number of hydrogen-bond acceptors (Lipinski definition) is 9. The lowest BCUT2D eigenvalue weighted by atomic mass is 10.1. The number of nitrogens with one attached hydrogen (secondary N) is 2. The summed E-state index contributed by atoms with van der Waals surface area (Å²) in [6.45, 7) is 23.5. The predicted octanol–water partition coefficient (Wildman–Crippen LogP) is 7.31. The van der Waals surface area contributed by atoms with Crippen molar-refractivity contribution >= 4 is 24.4 Å². The van der Waals surface area contributed by atoms with Gasteiger partial charge in [-0.05, 0) is 135 Å². The number of carbonyl (C=O) groups excluding carboxylic acids is 4. The summed E-state index contributed by atoms with van der Waals surface area (Å²) >= 11 is 0. The van der Waals surface area contributed by atoms with Crippen molar-refractivity contribution in [3.05, 3.63) is 0 Å². The zero-order chi connectivity index (χ0) is 37.2. The second-order valence-corrected chi connectivity index (χ2v) is 16.1. The van der Waals surface area contributed by atoms with Crippen LogP contribution in [0.5, 0.6) is 0 Å². The van der Waals surface area contributed by atoms with E-state index in [4.69, 9.17) is 24.7 Å². The number of unbranched alkanes of at least 4 members (excludes halogenated alkanes) is 5. The van der Waals surface area contributed by atoms with Gasteiger partial charge in [0, 0.05) is 26.2 Å². The van der Waals surface area contributed by atoms with Crippen LogP contribution in [0.1, 0.15) is 141 Å². The largest absolute Gasteiger partial charge is 0.444 e. The molecule has 0 saturated heterocycles. The lowest BCUT2D eigenvalue weighted by Crippen LogP contribution is -2.55. The Labute approximate surface area is 290 Å². The molecule has 13 heteroatoms. The van der Waals surface area contributed by atoms with Gasteiger partial charge in [-0.1, -0.05) is 12.8 Å². The average Bonchev–Trinajstić information content (AvgIpc) is 2.87. The van der Waals surface area contributed by atoms with E-state index in [2.05, 4.69) is 10.6 Å². The Morgan fingerprint density at radius 3 is 1.21 bits per heavy atom. The van der Waals surface area contributed by atoms with Gasteiger partial charge in [0.25, 0.3) is 0 Å². The molecule has 0 radical (unpaired) electrons. The van der Waals surface area contributed by atoms with Gasteiger partial charge in [-0.2, -0.15) is 0 Å². The van der Waals surface area contributed by atoms with E-state index in [0.29, 0.717) is 51.7 Å². The van der Waals surface area contributed by atoms with Crippen LogP contribution in [0, 0.1) is 0 Å². The van der Waals surface area contributed by atoms with Crippen molar-refractivity contribution in [3.8, 4) is 0 Å². The number of alkyl carbamates (subject to hydrolysis) is 2. The standard InChI is InChI=1S/C35H69N5O8/c1-32(2,3)45-28(41)37-23-17-19-25-39(30(43)47-34(7,8)9)27(21-15-13-14-16-22-36)40(31(44)48-35(10,11)12)26-20-18-24-38-29(42)46-33(4,5)6/h27H,13-26,36H2,1-12H3,(H,37,41)(H,38,42). The molecule has 13 nitrogen and oxygen atoms in total. The first-order chi connectivity index (χ1) is 21.9. The van der Waals surface area contributed by atoms with Crippen molar-refractivity contribution in [2.45, 2.75) is 169 Å². The zero-order valence-electron chi connectivity index (χ0n) is 32.2. The molecule has 0 spiro atoms. The quantitative estimate of drug-likeness (QED) is 0.0762. The first-order valence-corrected chi connectivity index (χ1v) is 17.6. The molecule has 0 bridgehead atoms. The summed E-state index contributed by atoms with van der Waals surface area (Å²) in [5.41, 5.74) is 2.98. The van der Waals surface area contributed by atoms with Crippen LogP contribution in [0.25, 0.3) is 0 Å². The fourth-order valence-corrected chi connectivity index (χ4v) is 4.49. The number of nitrogens with zero attached hydrogens (tertiary/aromatic N) is 2. The first-order valence-electron chi connectivity index (χ1n) is 17.6. The van der Waals surface area contributed by atoms with Crippen LogP contribution >= 0.6 is 0 Å². The molecule has 0 fully saturated rings. The van der Waals surface area contributed by atoms with Gasteiger partial charge in [-0.3, -0.25) is 9.80 Å². The Morgan fingerprint density at radius 2 is 0.875 bits per heavy atom. The molecule has 0 aromatic rings. The predicted molar refractivity (Wildman–Crippen MR) is 189 cm³/mol. The minimum Gasteiger partial charge on any atom is -0.444 e. The maximum Gasteiger partial charge on any atom is 0.411 e. The summed E-state index contributed by atoms with van der Waals surface area (Å²) in [4.78, 5) is 55.1. The number of hydrogen-bond donors (Lipinski definition) is 3. The van der Waals surface area contributed by atoms with E-state index in [-0.39, 0.29) is 13.1 Å². The van der Waals surface area contributed by atoms with E-state index in [0.717, 1.165) is 25.7 Å².